The summed E-state index contributed by atoms with van der Waals surface area (Å²) >= 11 is 0. The molecule has 3 N–H and O–H groups in total. The van der Waals surface area contributed by atoms with E-state index >= 15 is 0 Å². The van der Waals surface area contributed by atoms with Crippen LogP contribution in [0.15, 0.2) is 24.3 Å². The van der Waals surface area contributed by atoms with Crippen LogP contribution in [0.1, 0.15) is 13.3 Å². The van der Waals surface area contributed by atoms with Crippen LogP contribution in [-0.2, 0) is 4.79 Å². The Labute approximate surface area is 101 Å². The van der Waals surface area contributed by atoms with Gasteiger partial charge >= 0.3 is 0 Å². The van der Waals surface area contributed by atoms with E-state index in [1.807, 2.05) is 6.92 Å². The third-order valence-electron chi connectivity index (χ3n) is 2.11. The fourth-order valence-corrected chi connectivity index (χ4v) is 1.30. The largest absolute Gasteiger partial charge is 0.482 e. The molecule has 90 valence electrons. The smallest absolute Gasteiger partial charge is 0.258 e. The molecule has 1 aromatic carbocycles. The van der Waals surface area contributed by atoms with E-state index in [0.717, 1.165) is 0 Å². The SMILES string of the molecule is C#CCC(C)NC(=O)COc1ccccc1N. The molecule has 0 spiro atoms. The number of hydrogen-bond acceptors (Lipinski definition) is 3. The Kier molecular flexibility index (Phi) is 4.89. The number of ether oxygens (including phenoxy) is 1. The number of hydrogen-bond donors (Lipinski definition) is 2. The molecule has 1 atom stereocenters. The number of terminal acetylenes is 1. The van der Waals surface area contributed by atoms with Crippen molar-refractivity contribution < 1.29 is 9.53 Å². The standard InChI is InChI=1S/C13H16N2O2/c1-3-6-10(2)15-13(16)9-17-12-8-5-4-7-11(12)14/h1,4-5,7-8,10H,6,9,14H2,2H3,(H,15,16). The molecule has 0 aliphatic carbocycles. The Bertz CT molecular complexity index is 424. The van der Waals surface area contributed by atoms with Gasteiger partial charge in [-0.2, -0.15) is 0 Å². The molecule has 0 aliphatic heterocycles. The molecule has 1 amide bonds. The second kappa shape index (κ2) is 6.44. The predicted molar refractivity (Wildman–Crippen MR) is 67.4 cm³/mol. The third kappa shape index (κ3) is 4.47. The van der Waals surface area contributed by atoms with Gasteiger partial charge in [-0.15, -0.1) is 12.3 Å². The van der Waals surface area contributed by atoms with Crippen molar-refractivity contribution in [2.45, 2.75) is 19.4 Å². The number of benzene rings is 1. The Hall–Kier alpha value is -2.15. The molecule has 1 aromatic rings. The molecular formula is C13H16N2O2. The summed E-state index contributed by atoms with van der Waals surface area (Å²) in [5, 5.41) is 2.72. The summed E-state index contributed by atoms with van der Waals surface area (Å²) in [6.07, 6.45) is 5.64. The van der Waals surface area contributed by atoms with Crippen molar-refractivity contribution in [2.75, 3.05) is 12.3 Å². The van der Waals surface area contributed by atoms with E-state index in [0.29, 0.717) is 17.9 Å². The first-order valence-corrected chi connectivity index (χ1v) is 5.33. The van der Waals surface area contributed by atoms with Gasteiger partial charge in [-0.3, -0.25) is 4.79 Å². The second-order valence-corrected chi connectivity index (χ2v) is 3.70. The van der Waals surface area contributed by atoms with Gasteiger partial charge in [0.25, 0.3) is 5.91 Å². The molecule has 0 radical (unpaired) electrons. The maximum Gasteiger partial charge on any atom is 0.258 e. The van der Waals surface area contributed by atoms with E-state index < -0.39 is 0 Å². The number of nitrogen functional groups attached to an aromatic ring is 1. The summed E-state index contributed by atoms with van der Waals surface area (Å²) in [6.45, 7) is 1.78. The molecule has 4 nitrogen and oxygen atoms in total. The van der Waals surface area contributed by atoms with Crippen LogP contribution in [0.25, 0.3) is 0 Å². The zero-order valence-corrected chi connectivity index (χ0v) is 9.77. The number of amides is 1. The van der Waals surface area contributed by atoms with E-state index in [-0.39, 0.29) is 18.6 Å². The number of nitrogens with two attached hydrogens (primary N) is 1. The highest BCUT2D eigenvalue weighted by Gasteiger charge is 2.07. The Balaban J connectivity index is 2.39. The Morgan fingerprint density at radius 2 is 2.29 bits per heavy atom. The van der Waals surface area contributed by atoms with Crippen molar-refractivity contribution in [2.24, 2.45) is 0 Å². The first-order valence-electron chi connectivity index (χ1n) is 5.33. The highest BCUT2D eigenvalue weighted by molar-refractivity contribution is 5.78. The molecule has 1 unspecified atom stereocenters. The number of anilines is 1. The third-order valence-corrected chi connectivity index (χ3v) is 2.11. The summed E-state index contributed by atoms with van der Waals surface area (Å²) in [7, 11) is 0. The van der Waals surface area contributed by atoms with Crippen molar-refractivity contribution >= 4 is 11.6 Å². The molecule has 0 heterocycles. The van der Waals surface area contributed by atoms with Crippen LogP contribution < -0.4 is 15.8 Å². The zero-order chi connectivity index (χ0) is 12.7. The van der Waals surface area contributed by atoms with Gasteiger partial charge in [-0.1, -0.05) is 12.1 Å². The lowest BCUT2D eigenvalue weighted by Gasteiger charge is -2.12. The van der Waals surface area contributed by atoms with Gasteiger partial charge in [0.1, 0.15) is 5.75 Å². The maximum atomic E-state index is 11.5. The van der Waals surface area contributed by atoms with Crippen LogP contribution in [0.2, 0.25) is 0 Å². The average Bonchev–Trinajstić information content (AvgIpc) is 2.28. The van der Waals surface area contributed by atoms with E-state index in [9.17, 15) is 4.79 Å². The minimum atomic E-state index is -0.212. The van der Waals surface area contributed by atoms with E-state index in [1.165, 1.54) is 0 Å². The van der Waals surface area contributed by atoms with Crippen LogP contribution in [0.4, 0.5) is 5.69 Å². The summed E-state index contributed by atoms with van der Waals surface area (Å²) < 4.78 is 5.29. The summed E-state index contributed by atoms with van der Waals surface area (Å²) in [5.74, 6) is 2.77. The number of carbonyl (C=O) groups is 1. The minimum Gasteiger partial charge on any atom is -0.482 e. The fraction of sp³-hybridized carbons (Fsp3) is 0.308. The molecule has 0 saturated heterocycles. The Morgan fingerprint density at radius 1 is 1.59 bits per heavy atom. The van der Waals surface area contributed by atoms with Crippen LogP contribution in [0, 0.1) is 12.3 Å². The van der Waals surface area contributed by atoms with Crippen molar-refractivity contribution in [1.82, 2.24) is 5.32 Å². The van der Waals surface area contributed by atoms with Gasteiger partial charge in [-0.05, 0) is 19.1 Å². The maximum absolute atomic E-state index is 11.5. The lowest BCUT2D eigenvalue weighted by atomic mass is 10.2. The molecule has 0 aromatic heterocycles. The first-order chi connectivity index (χ1) is 8.13. The van der Waals surface area contributed by atoms with Gasteiger partial charge in [0.05, 0.1) is 5.69 Å². The highest BCUT2D eigenvalue weighted by Crippen LogP contribution is 2.19. The molecule has 17 heavy (non-hydrogen) atoms. The fourth-order valence-electron chi connectivity index (χ4n) is 1.30. The molecule has 0 aliphatic rings. The minimum absolute atomic E-state index is 0.0516. The molecule has 0 saturated carbocycles. The lowest BCUT2D eigenvalue weighted by Crippen LogP contribution is -2.35. The predicted octanol–water partition coefficient (Wildman–Crippen LogP) is 1.18. The van der Waals surface area contributed by atoms with E-state index in [4.69, 9.17) is 16.9 Å². The summed E-state index contributed by atoms with van der Waals surface area (Å²) in [6, 6.07) is 6.98. The molecular weight excluding hydrogens is 216 g/mol. The van der Waals surface area contributed by atoms with Crippen molar-refractivity contribution in [3.8, 4) is 18.1 Å². The number of rotatable bonds is 5. The lowest BCUT2D eigenvalue weighted by molar-refractivity contribution is -0.123. The molecule has 0 bridgehead atoms. The van der Waals surface area contributed by atoms with Gasteiger partial charge < -0.3 is 15.8 Å². The second-order valence-electron chi connectivity index (χ2n) is 3.70. The highest BCUT2D eigenvalue weighted by atomic mass is 16.5. The number of carbonyl (C=O) groups excluding carboxylic acids is 1. The summed E-state index contributed by atoms with van der Waals surface area (Å²) in [5.41, 5.74) is 6.18. The Morgan fingerprint density at radius 3 is 2.94 bits per heavy atom. The quantitative estimate of drug-likeness (QED) is 0.591. The van der Waals surface area contributed by atoms with E-state index in [2.05, 4.69) is 11.2 Å². The number of para-hydroxylation sites is 2. The molecule has 1 rings (SSSR count). The number of nitrogens with one attached hydrogen (secondary N) is 1. The van der Waals surface area contributed by atoms with Crippen molar-refractivity contribution in [3.05, 3.63) is 24.3 Å². The van der Waals surface area contributed by atoms with E-state index in [1.54, 1.807) is 24.3 Å². The average molecular weight is 232 g/mol. The first kappa shape index (κ1) is 12.9. The monoisotopic (exact) mass is 232 g/mol. The van der Waals surface area contributed by atoms with Crippen LogP contribution in [-0.4, -0.2) is 18.6 Å². The van der Waals surface area contributed by atoms with Crippen LogP contribution >= 0.6 is 0 Å². The molecule has 4 heteroatoms. The van der Waals surface area contributed by atoms with Gasteiger partial charge in [0, 0.05) is 12.5 Å². The van der Waals surface area contributed by atoms with Crippen molar-refractivity contribution in [3.63, 3.8) is 0 Å². The zero-order valence-electron chi connectivity index (χ0n) is 9.77. The van der Waals surface area contributed by atoms with Crippen LogP contribution in [0.5, 0.6) is 5.75 Å². The van der Waals surface area contributed by atoms with Crippen molar-refractivity contribution in [1.29, 1.82) is 0 Å². The topological polar surface area (TPSA) is 64.3 Å². The van der Waals surface area contributed by atoms with Gasteiger partial charge in [0.2, 0.25) is 0 Å². The van der Waals surface area contributed by atoms with Crippen LogP contribution in [0.3, 0.4) is 0 Å². The summed E-state index contributed by atoms with van der Waals surface area (Å²) in [4.78, 5) is 11.5. The normalized spacial score (nSPS) is 11.3. The van der Waals surface area contributed by atoms with Gasteiger partial charge in [-0.25, -0.2) is 0 Å². The van der Waals surface area contributed by atoms with Gasteiger partial charge in [0.15, 0.2) is 6.61 Å². The molecule has 0 fully saturated rings.